The summed E-state index contributed by atoms with van der Waals surface area (Å²) in [4.78, 5) is 80.2. The van der Waals surface area contributed by atoms with Crippen LogP contribution in [0.5, 0.6) is 0 Å². The van der Waals surface area contributed by atoms with Gasteiger partial charge in [-0.1, -0.05) is 19.0 Å². The fourth-order valence-electron chi connectivity index (χ4n) is 4.59. The number of carbonyl (C=O) groups is 4. The average Bonchev–Trinajstić information content (AvgIpc) is 3.15. The monoisotopic (exact) mass is 793 g/mol. The number of benzene rings is 1. The molecule has 1 atom stereocenters. The summed E-state index contributed by atoms with van der Waals surface area (Å²) in [6.07, 6.45) is -4.59. The second-order valence-electron chi connectivity index (χ2n) is 12.2. The lowest BCUT2D eigenvalue weighted by Gasteiger charge is -2.24. The molecule has 1 unspecified atom stereocenters. The summed E-state index contributed by atoms with van der Waals surface area (Å²) >= 11 is 0. The van der Waals surface area contributed by atoms with Crippen LogP contribution in [0.15, 0.2) is 40.4 Å². The number of fused-ring (bicyclic) bond motifs is 1. The number of azide groups is 1. The normalized spacial score (nSPS) is 11.8. The van der Waals surface area contributed by atoms with E-state index in [-0.39, 0.29) is 92.3 Å². The van der Waals surface area contributed by atoms with Crippen molar-refractivity contribution in [3.63, 3.8) is 0 Å². The maximum Gasteiger partial charge on any atom is 0.471 e. The fraction of sp³-hybridized carbons (Fsp3) is 0.515. The Labute approximate surface area is 317 Å². The smallest absolute Gasteiger partial charge is 0.464 e. The Morgan fingerprint density at radius 3 is 2.32 bits per heavy atom. The van der Waals surface area contributed by atoms with Gasteiger partial charge in [0.2, 0.25) is 11.9 Å². The Bertz CT molecular complexity index is 1890. The van der Waals surface area contributed by atoms with Gasteiger partial charge in [-0.3, -0.25) is 29.1 Å². The number of nitrogen functional groups attached to an aromatic ring is 1. The highest BCUT2D eigenvalue weighted by atomic mass is 19.4. The lowest BCUT2D eigenvalue weighted by molar-refractivity contribution is -0.170. The number of H-pyrrole nitrogens is 1. The third-order valence-electron chi connectivity index (χ3n) is 7.26. The van der Waals surface area contributed by atoms with Gasteiger partial charge in [-0.25, -0.2) is 14.8 Å². The number of ether oxygens (including phenoxy) is 4. The minimum atomic E-state index is -5.31. The van der Waals surface area contributed by atoms with Crippen LogP contribution < -0.4 is 26.8 Å². The number of amides is 3. The summed E-state index contributed by atoms with van der Waals surface area (Å²) in [5.74, 6) is -4.57. The Hall–Kier alpha value is -5.90. The number of rotatable bonds is 23. The number of nitrogens with one attached hydrogen (secondary N) is 3. The number of alkyl halides is 3. The van der Waals surface area contributed by atoms with E-state index >= 15 is 0 Å². The Morgan fingerprint density at radius 1 is 1.02 bits per heavy atom. The van der Waals surface area contributed by atoms with Crippen molar-refractivity contribution in [2.24, 2.45) is 11.0 Å². The molecular formula is C33H42F3N11O9. The average molecular weight is 794 g/mol. The number of halogens is 3. The van der Waals surface area contributed by atoms with Gasteiger partial charge < -0.3 is 35.3 Å². The first-order valence-electron chi connectivity index (χ1n) is 17.2. The van der Waals surface area contributed by atoms with Gasteiger partial charge in [0.15, 0.2) is 11.2 Å². The minimum Gasteiger partial charge on any atom is -0.464 e. The standard InChI is InChI=1S/C33H42F3N11O9/c1-20(2)19-56-30(51)24(7-8-25(48)39-9-11-53-13-15-55-16-14-54-12-10-41-46-38)43-28(49)21-3-5-23(6-4-21)47(31(52)33(34,35)36)18-22-17-40-27-26(42-22)29(50)45-32(37)44-27/h3-6,17,20,24H,7-16,18-19H2,1-2H3,(H,39,48)(H,43,49)(H3,37,40,44,45,50). The van der Waals surface area contributed by atoms with Crippen LogP contribution in [0.4, 0.5) is 24.8 Å². The first-order chi connectivity index (χ1) is 26.7. The molecule has 56 heavy (non-hydrogen) atoms. The van der Waals surface area contributed by atoms with Crippen molar-refractivity contribution in [1.29, 1.82) is 0 Å². The third kappa shape index (κ3) is 15.1. The van der Waals surface area contributed by atoms with Gasteiger partial charge in [0.1, 0.15) is 6.04 Å². The third-order valence-corrected chi connectivity index (χ3v) is 7.26. The number of nitrogens with two attached hydrogens (primary N) is 1. The summed E-state index contributed by atoms with van der Waals surface area (Å²) < 4.78 is 62.2. The van der Waals surface area contributed by atoms with E-state index in [1.54, 1.807) is 0 Å². The van der Waals surface area contributed by atoms with Gasteiger partial charge in [-0.05, 0) is 42.1 Å². The van der Waals surface area contributed by atoms with Crippen molar-refractivity contribution >= 4 is 46.5 Å². The largest absolute Gasteiger partial charge is 0.471 e. The Morgan fingerprint density at radius 2 is 1.68 bits per heavy atom. The molecule has 2 heterocycles. The van der Waals surface area contributed by atoms with E-state index in [4.69, 9.17) is 30.2 Å². The molecule has 0 saturated carbocycles. The fourth-order valence-corrected chi connectivity index (χ4v) is 4.59. The summed E-state index contributed by atoms with van der Waals surface area (Å²) in [6.45, 7) is 4.96. The summed E-state index contributed by atoms with van der Waals surface area (Å²) in [6, 6.07) is 3.19. The van der Waals surface area contributed by atoms with Crippen LogP contribution in [0.25, 0.3) is 21.6 Å². The topological polar surface area (TPSA) is 279 Å². The molecule has 3 rings (SSSR count). The number of aromatic amines is 1. The second-order valence-corrected chi connectivity index (χ2v) is 12.2. The Kier molecular flexibility index (Phi) is 17.9. The second kappa shape index (κ2) is 22.5. The van der Waals surface area contributed by atoms with Crippen molar-refractivity contribution in [2.75, 3.05) is 70.0 Å². The molecule has 5 N–H and O–H groups in total. The van der Waals surface area contributed by atoms with Crippen LogP contribution in [0, 0.1) is 5.92 Å². The molecule has 1 aromatic carbocycles. The van der Waals surface area contributed by atoms with Crippen molar-refractivity contribution < 1.29 is 51.3 Å². The highest BCUT2D eigenvalue weighted by molar-refractivity contribution is 5.99. The van der Waals surface area contributed by atoms with Crippen LogP contribution in [-0.2, 0) is 39.9 Å². The zero-order valence-corrected chi connectivity index (χ0v) is 30.5. The van der Waals surface area contributed by atoms with Crippen LogP contribution in [0.1, 0.15) is 42.7 Å². The van der Waals surface area contributed by atoms with Crippen LogP contribution >= 0.6 is 0 Å². The zero-order chi connectivity index (χ0) is 41.1. The Balaban J connectivity index is 1.58. The van der Waals surface area contributed by atoms with Crippen molar-refractivity contribution in [2.45, 2.75) is 45.5 Å². The van der Waals surface area contributed by atoms with E-state index in [1.165, 1.54) is 0 Å². The molecule has 3 amide bonds. The molecule has 0 aliphatic rings. The molecular weight excluding hydrogens is 751 g/mol. The molecule has 0 bridgehead atoms. The molecule has 20 nitrogen and oxygen atoms in total. The molecule has 0 radical (unpaired) electrons. The minimum absolute atomic E-state index is 0.0284. The van der Waals surface area contributed by atoms with Crippen LogP contribution in [-0.4, -0.2) is 115 Å². The molecule has 0 spiro atoms. The number of hydrogen-bond acceptors (Lipinski definition) is 14. The first kappa shape index (κ1) is 44.5. The molecule has 304 valence electrons. The molecule has 23 heteroatoms. The van der Waals surface area contributed by atoms with Gasteiger partial charge in [0.25, 0.3) is 11.5 Å². The molecule has 0 saturated heterocycles. The maximum atomic E-state index is 13.7. The molecule has 0 aliphatic heterocycles. The molecule has 0 fully saturated rings. The number of anilines is 2. The predicted octanol–water partition coefficient (Wildman–Crippen LogP) is 1.94. The summed E-state index contributed by atoms with van der Waals surface area (Å²) in [5.41, 5.74) is 11.9. The number of hydrogen-bond donors (Lipinski definition) is 4. The first-order valence-corrected chi connectivity index (χ1v) is 17.2. The van der Waals surface area contributed by atoms with E-state index in [0.29, 0.717) is 24.7 Å². The van der Waals surface area contributed by atoms with Crippen LogP contribution in [0.3, 0.4) is 0 Å². The van der Waals surface area contributed by atoms with Gasteiger partial charge in [-0.2, -0.15) is 18.2 Å². The van der Waals surface area contributed by atoms with Crippen molar-refractivity contribution in [3.05, 3.63) is 62.5 Å². The predicted molar refractivity (Wildman–Crippen MR) is 192 cm³/mol. The number of esters is 1. The lowest BCUT2D eigenvalue weighted by atomic mass is 10.1. The number of carbonyl (C=O) groups excluding carboxylic acids is 4. The zero-order valence-electron chi connectivity index (χ0n) is 30.5. The number of nitrogens with zero attached hydrogens (tertiary/aromatic N) is 7. The SMILES string of the molecule is CC(C)COC(=O)C(CCC(=O)NCCOCCOCCOCCN=[N+]=[N-])NC(=O)c1ccc(N(Cc2cnc3nc(N)[nH]c(=O)c3n2)C(=O)C(F)(F)F)cc1. The van der Waals surface area contributed by atoms with E-state index in [1.807, 2.05) is 13.8 Å². The maximum absolute atomic E-state index is 13.7. The molecule has 3 aromatic rings. The van der Waals surface area contributed by atoms with Gasteiger partial charge in [-0.15, -0.1) is 0 Å². The lowest BCUT2D eigenvalue weighted by Crippen LogP contribution is -2.43. The van der Waals surface area contributed by atoms with Gasteiger partial charge in [0, 0.05) is 35.7 Å². The quantitative estimate of drug-likeness (QED) is 0.0352. The highest BCUT2D eigenvalue weighted by Gasteiger charge is 2.43. The van der Waals surface area contributed by atoms with E-state index < -0.39 is 48.0 Å². The highest BCUT2D eigenvalue weighted by Crippen LogP contribution is 2.26. The summed E-state index contributed by atoms with van der Waals surface area (Å²) in [7, 11) is 0. The summed E-state index contributed by atoms with van der Waals surface area (Å²) in [5, 5.41) is 8.49. The number of aromatic nitrogens is 4. The van der Waals surface area contributed by atoms with Crippen LogP contribution in [0.2, 0.25) is 0 Å². The van der Waals surface area contributed by atoms with Crippen molar-refractivity contribution in [1.82, 2.24) is 30.6 Å². The van der Waals surface area contributed by atoms with Gasteiger partial charge >= 0.3 is 18.1 Å². The molecule has 2 aromatic heterocycles. The molecule has 0 aliphatic carbocycles. The van der Waals surface area contributed by atoms with E-state index in [2.05, 4.69) is 40.6 Å². The van der Waals surface area contributed by atoms with Crippen molar-refractivity contribution in [3.8, 4) is 0 Å². The van der Waals surface area contributed by atoms with E-state index in [0.717, 1.165) is 30.5 Å². The van der Waals surface area contributed by atoms with Gasteiger partial charge in [0.05, 0.1) is 64.7 Å². The van der Waals surface area contributed by atoms with E-state index in [9.17, 15) is 37.1 Å².